The lowest BCUT2D eigenvalue weighted by Gasteiger charge is -2.18. The van der Waals surface area contributed by atoms with Crippen molar-refractivity contribution in [2.45, 2.75) is 26.2 Å². The second kappa shape index (κ2) is 5.90. The summed E-state index contributed by atoms with van der Waals surface area (Å²) >= 11 is 6.14. The monoisotopic (exact) mass is 306 g/mol. The maximum Gasteiger partial charge on any atom is 0.161 e. The summed E-state index contributed by atoms with van der Waals surface area (Å²) in [5.41, 5.74) is 1.59. The van der Waals surface area contributed by atoms with E-state index < -0.39 is 0 Å². The first-order valence-electron chi connectivity index (χ1n) is 6.62. The Morgan fingerprint density at radius 1 is 0.905 bits per heavy atom. The van der Waals surface area contributed by atoms with Crippen LogP contribution in [0.2, 0.25) is 5.15 Å². The number of hydrogen-bond acceptors (Lipinski definition) is 4. The predicted molar refractivity (Wildman–Crippen MR) is 84.3 cm³/mol. The lowest BCUT2D eigenvalue weighted by atomic mass is 9.92. The second-order valence-electron chi connectivity index (χ2n) is 5.75. The molecule has 0 fully saturated rings. The minimum atomic E-state index is -0.107. The molecule has 0 aliphatic heterocycles. The Morgan fingerprint density at radius 3 is 1.95 bits per heavy atom. The van der Waals surface area contributed by atoms with E-state index in [9.17, 15) is 0 Å². The van der Waals surface area contributed by atoms with Gasteiger partial charge in [-0.05, 0) is 18.2 Å². The van der Waals surface area contributed by atoms with Gasteiger partial charge in [-0.1, -0.05) is 32.4 Å². The first kappa shape index (κ1) is 15.6. The molecule has 2 aromatic rings. The lowest BCUT2D eigenvalue weighted by Crippen LogP contribution is -2.14. The summed E-state index contributed by atoms with van der Waals surface area (Å²) in [7, 11) is 3.22. The average Bonchev–Trinajstić information content (AvgIpc) is 2.45. The molecule has 0 radical (unpaired) electrons. The molecular weight excluding hydrogens is 288 g/mol. The molecule has 0 atom stereocenters. The number of halogens is 1. The molecule has 5 heteroatoms. The quantitative estimate of drug-likeness (QED) is 0.800. The molecule has 1 heterocycles. The Labute approximate surface area is 130 Å². The van der Waals surface area contributed by atoms with Crippen molar-refractivity contribution in [3.8, 4) is 22.9 Å². The van der Waals surface area contributed by atoms with Gasteiger partial charge >= 0.3 is 0 Å². The maximum absolute atomic E-state index is 6.14. The molecule has 0 N–H and O–H groups in total. The van der Waals surface area contributed by atoms with Gasteiger partial charge in [-0.15, -0.1) is 0 Å². The minimum Gasteiger partial charge on any atom is -0.497 e. The minimum absolute atomic E-state index is 0.107. The van der Waals surface area contributed by atoms with Crippen LogP contribution in [0.3, 0.4) is 0 Å². The van der Waals surface area contributed by atoms with Gasteiger partial charge in [0.25, 0.3) is 0 Å². The first-order valence-corrected chi connectivity index (χ1v) is 7.00. The molecule has 0 aliphatic carbocycles. The average molecular weight is 307 g/mol. The van der Waals surface area contributed by atoms with E-state index in [4.69, 9.17) is 21.1 Å². The summed E-state index contributed by atoms with van der Waals surface area (Å²) in [6.45, 7) is 6.25. The first-order chi connectivity index (χ1) is 9.83. The Kier molecular flexibility index (Phi) is 4.37. The van der Waals surface area contributed by atoms with E-state index in [1.54, 1.807) is 26.4 Å². The zero-order chi connectivity index (χ0) is 15.6. The van der Waals surface area contributed by atoms with Gasteiger partial charge in [0.1, 0.15) is 16.7 Å². The van der Waals surface area contributed by atoms with Crippen LogP contribution < -0.4 is 9.47 Å². The molecule has 21 heavy (non-hydrogen) atoms. The molecule has 0 amide bonds. The molecule has 1 aromatic carbocycles. The number of rotatable bonds is 3. The van der Waals surface area contributed by atoms with Gasteiger partial charge in [-0.25, -0.2) is 9.97 Å². The molecule has 112 valence electrons. The van der Waals surface area contributed by atoms with E-state index in [-0.39, 0.29) is 5.41 Å². The number of aromatic nitrogens is 2. The third-order valence-electron chi connectivity index (χ3n) is 3.07. The highest BCUT2D eigenvalue weighted by Crippen LogP contribution is 2.30. The molecule has 0 spiro atoms. The van der Waals surface area contributed by atoms with E-state index in [1.807, 2.05) is 12.1 Å². The van der Waals surface area contributed by atoms with Crippen LogP contribution in [0.1, 0.15) is 26.5 Å². The fourth-order valence-corrected chi connectivity index (χ4v) is 2.05. The molecule has 0 aliphatic rings. The van der Waals surface area contributed by atoms with Crippen molar-refractivity contribution in [3.05, 3.63) is 35.1 Å². The van der Waals surface area contributed by atoms with Crippen LogP contribution in [-0.2, 0) is 5.41 Å². The van der Waals surface area contributed by atoms with Gasteiger partial charge < -0.3 is 9.47 Å². The molecule has 0 saturated carbocycles. The Morgan fingerprint density at radius 2 is 1.48 bits per heavy atom. The SMILES string of the molecule is COc1cc(OC)cc(-c2nc(Cl)cc(C(C)(C)C)n2)c1. The third-order valence-corrected chi connectivity index (χ3v) is 3.27. The summed E-state index contributed by atoms with van der Waals surface area (Å²) in [4.78, 5) is 8.93. The van der Waals surface area contributed by atoms with Crippen molar-refractivity contribution >= 4 is 11.6 Å². The van der Waals surface area contributed by atoms with Crippen LogP contribution in [0.5, 0.6) is 11.5 Å². The highest BCUT2D eigenvalue weighted by atomic mass is 35.5. The van der Waals surface area contributed by atoms with Gasteiger partial charge in [0.2, 0.25) is 0 Å². The zero-order valence-corrected chi connectivity index (χ0v) is 13.7. The maximum atomic E-state index is 6.14. The Hall–Kier alpha value is -1.81. The van der Waals surface area contributed by atoms with Gasteiger partial charge in [-0.2, -0.15) is 0 Å². The van der Waals surface area contributed by atoms with E-state index in [0.717, 1.165) is 11.3 Å². The molecule has 1 aromatic heterocycles. The summed E-state index contributed by atoms with van der Waals surface area (Å²) in [6.07, 6.45) is 0. The summed E-state index contributed by atoms with van der Waals surface area (Å²) < 4.78 is 10.6. The van der Waals surface area contributed by atoms with Crippen LogP contribution >= 0.6 is 11.6 Å². The van der Waals surface area contributed by atoms with Gasteiger partial charge in [-0.3, -0.25) is 0 Å². The number of methoxy groups -OCH3 is 2. The van der Waals surface area contributed by atoms with Crippen LogP contribution in [-0.4, -0.2) is 24.2 Å². The fourth-order valence-electron chi connectivity index (χ4n) is 1.87. The smallest absolute Gasteiger partial charge is 0.161 e. The fraction of sp³-hybridized carbons (Fsp3) is 0.375. The van der Waals surface area contributed by atoms with Crippen LogP contribution in [0, 0.1) is 0 Å². The van der Waals surface area contributed by atoms with Crippen LogP contribution in [0.25, 0.3) is 11.4 Å². The highest BCUT2D eigenvalue weighted by molar-refractivity contribution is 6.29. The number of ether oxygens (including phenoxy) is 2. The second-order valence-corrected chi connectivity index (χ2v) is 6.14. The molecule has 0 unspecified atom stereocenters. The standard InChI is InChI=1S/C16H19ClN2O2/c1-16(2,3)13-9-14(17)19-15(18-13)10-6-11(20-4)8-12(7-10)21-5/h6-9H,1-5H3. The Bertz CT molecular complexity index is 629. The summed E-state index contributed by atoms with van der Waals surface area (Å²) in [5.74, 6) is 1.93. The van der Waals surface area contributed by atoms with Crippen molar-refractivity contribution in [2.75, 3.05) is 14.2 Å². The van der Waals surface area contributed by atoms with Crippen molar-refractivity contribution in [3.63, 3.8) is 0 Å². The number of hydrogen-bond donors (Lipinski definition) is 0. The van der Waals surface area contributed by atoms with Gasteiger partial charge in [0, 0.05) is 17.0 Å². The van der Waals surface area contributed by atoms with Crippen molar-refractivity contribution in [2.24, 2.45) is 0 Å². The largest absolute Gasteiger partial charge is 0.497 e. The van der Waals surface area contributed by atoms with E-state index in [1.165, 1.54) is 0 Å². The molecule has 0 saturated heterocycles. The Balaban J connectivity index is 2.58. The number of nitrogens with zero attached hydrogens (tertiary/aromatic N) is 2. The van der Waals surface area contributed by atoms with Crippen LogP contribution in [0.15, 0.2) is 24.3 Å². The van der Waals surface area contributed by atoms with Crippen molar-refractivity contribution in [1.29, 1.82) is 0 Å². The van der Waals surface area contributed by atoms with Crippen molar-refractivity contribution in [1.82, 2.24) is 9.97 Å². The lowest BCUT2D eigenvalue weighted by molar-refractivity contribution is 0.394. The van der Waals surface area contributed by atoms with Gasteiger partial charge in [0.05, 0.1) is 19.9 Å². The summed E-state index contributed by atoms with van der Waals surface area (Å²) in [6, 6.07) is 7.32. The van der Waals surface area contributed by atoms with Gasteiger partial charge in [0.15, 0.2) is 5.82 Å². The molecule has 4 nitrogen and oxygen atoms in total. The normalized spacial score (nSPS) is 11.3. The topological polar surface area (TPSA) is 44.2 Å². The zero-order valence-electron chi connectivity index (χ0n) is 12.9. The van der Waals surface area contributed by atoms with E-state index >= 15 is 0 Å². The third kappa shape index (κ3) is 3.64. The predicted octanol–water partition coefficient (Wildman–Crippen LogP) is 4.11. The van der Waals surface area contributed by atoms with E-state index in [2.05, 4.69) is 30.7 Å². The summed E-state index contributed by atoms with van der Waals surface area (Å²) in [5, 5.41) is 0.423. The van der Waals surface area contributed by atoms with Crippen LogP contribution in [0.4, 0.5) is 0 Å². The van der Waals surface area contributed by atoms with Crippen molar-refractivity contribution < 1.29 is 9.47 Å². The molecule has 0 bridgehead atoms. The number of benzene rings is 1. The highest BCUT2D eigenvalue weighted by Gasteiger charge is 2.18. The molecule has 2 rings (SSSR count). The van der Waals surface area contributed by atoms with E-state index in [0.29, 0.717) is 22.5 Å². The molecular formula is C16H19ClN2O2.